The first-order valence-corrected chi connectivity index (χ1v) is 7.24. The Labute approximate surface area is 121 Å². The molecule has 21 heavy (non-hydrogen) atoms. The van der Waals surface area contributed by atoms with E-state index >= 15 is 0 Å². The van der Waals surface area contributed by atoms with Gasteiger partial charge in [0.25, 0.3) is 0 Å². The van der Waals surface area contributed by atoms with Crippen LogP contribution in [0.1, 0.15) is 30.5 Å². The molecular formula is C15H16FN3O2. The van der Waals surface area contributed by atoms with Gasteiger partial charge >= 0.3 is 0 Å². The van der Waals surface area contributed by atoms with Crippen molar-refractivity contribution < 1.29 is 13.5 Å². The molecule has 0 spiro atoms. The fraction of sp³-hybridized carbons (Fsp3) is 0.467. The predicted octanol–water partition coefficient (Wildman–Crippen LogP) is 2.35. The number of benzene rings is 1. The van der Waals surface area contributed by atoms with Crippen LogP contribution in [0.2, 0.25) is 0 Å². The van der Waals surface area contributed by atoms with Gasteiger partial charge < -0.3 is 9.15 Å². The van der Waals surface area contributed by atoms with E-state index in [9.17, 15) is 4.39 Å². The Balaban J connectivity index is 1.28. The molecule has 2 aromatic rings. The molecule has 1 saturated carbocycles. The molecule has 0 unspecified atom stereocenters. The zero-order valence-electron chi connectivity index (χ0n) is 11.5. The number of halogens is 1. The summed E-state index contributed by atoms with van der Waals surface area (Å²) in [5, 5.41) is 8.13. The molecule has 4 rings (SSSR count). The molecule has 6 heteroatoms. The summed E-state index contributed by atoms with van der Waals surface area (Å²) in [6, 6.07) is 6.48. The summed E-state index contributed by atoms with van der Waals surface area (Å²) >= 11 is 0. The SMILES string of the molecule is Fc1ccccc1OC1CN(Cc2nnc(C3CC3)o2)C1. The van der Waals surface area contributed by atoms with Gasteiger partial charge in [-0.3, -0.25) is 4.90 Å². The maximum atomic E-state index is 13.5. The number of likely N-dealkylation sites (tertiary alicyclic amines) is 1. The van der Waals surface area contributed by atoms with Gasteiger partial charge in [0.1, 0.15) is 6.10 Å². The minimum absolute atomic E-state index is 0.0210. The lowest BCUT2D eigenvalue weighted by atomic mass is 10.1. The fourth-order valence-electron chi connectivity index (χ4n) is 2.46. The second kappa shape index (κ2) is 5.11. The molecular weight excluding hydrogens is 273 g/mol. The van der Waals surface area contributed by atoms with Gasteiger partial charge in [-0.15, -0.1) is 10.2 Å². The maximum absolute atomic E-state index is 13.5. The first-order chi connectivity index (χ1) is 10.3. The average Bonchev–Trinajstić information content (AvgIpc) is 3.19. The summed E-state index contributed by atoms with van der Waals surface area (Å²) in [4.78, 5) is 2.15. The van der Waals surface area contributed by atoms with Crippen molar-refractivity contribution in [1.29, 1.82) is 0 Å². The third-order valence-corrected chi connectivity index (χ3v) is 3.82. The van der Waals surface area contributed by atoms with E-state index in [1.54, 1.807) is 18.2 Å². The van der Waals surface area contributed by atoms with Crippen LogP contribution in [0.25, 0.3) is 0 Å². The van der Waals surface area contributed by atoms with Crippen molar-refractivity contribution in [3.8, 4) is 5.75 Å². The highest BCUT2D eigenvalue weighted by Crippen LogP contribution is 2.39. The van der Waals surface area contributed by atoms with Crippen LogP contribution >= 0.6 is 0 Å². The minimum Gasteiger partial charge on any atom is -0.485 e. The highest BCUT2D eigenvalue weighted by Gasteiger charge is 2.32. The molecule has 2 heterocycles. The topological polar surface area (TPSA) is 51.4 Å². The monoisotopic (exact) mass is 289 g/mol. The molecule has 2 fully saturated rings. The third kappa shape index (κ3) is 2.76. The summed E-state index contributed by atoms with van der Waals surface area (Å²) in [5.41, 5.74) is 0. The second-order valence-corrected chi connectivity index (χ2v) is 5.67. The van der Waals surface area contributed by atoms with Crippen LogP contribution in [0.3, 0.4) is 0 Å². The molecule has 1 aliphatic heterocycles. The summed E-state index contributed by atoms with van der Waals surface area (Å²) in [7, 11) is 0. The normalized spacial score (nSPS) is 19.5. The number of hydrogen-bond acceptors (Lipinski definition) is 5. The second-order valence-electron chi connectivity index (χ2n) is 5.67. The summed E-state index contributed by atoms with van der Waals surface area (Å²) < 4.78 is 24.7. The highest BCUT2D eigenvalue weighted by molar-refractivity contribution is 5.24. The number of aromatic nitrogens is 2. The van der Waals surface area contributed by atoms with E-state index in [2.05, 4.69) is 15.1 Å². The number of hydrogen-bond donors (Lipinski definition) is 0. The molecule has 1 aliphatic carbocycles. The standard InChI is InChI=1S/C15H16FN3O2/c16-12-3-1-2-4-13(12)20-11-7-19(8-11)9-14-17-18-15(21-14)10-5-6-10/h1-4,10-11H,5-9H2. The Morgan fingerprint density at radius 3 is 2.81 bits per heavy atom. The van der Waals surface area contributed by atoms with Crippen LogP contribution in [0.5, 0.6) is 5.75 Å². The van der Waals surface area contributed by atoms with Crippen molar-refractivity contribution in [1.82, 2.24) is 15.1 Å². The molecule has 0 radical (unpaired) electrons. The van der Waals surface area contributed by atoms with E-state index in [1.807, 2.05) is 0 Å². The van der Waals surface area contributed by atoms with Crippen LogP contribution in [0, 0.1) is 5.82 Å². The van der Waals surface area contributed by atoms with Gasteiger partial charge in [-0.05, 0) is 25.0 Å². The Morgan fingerprint density at radius 1 is 1.24 bits per heavy atom. The highest BCUT2D eigenvalue weighted by atomic mass is 19.1. The number of para-hydroxylation sites is 1. The van der Waals surface area contributed by atoms with Gasteiger partial charge in [0.05, 0.1) is 6.54 Å². The molecule has 0 atom stereocenters. The van der Waals surface area contributed by atoms with Crippen LogP contribution in [0.15, 0.2) is 28.7 Å². The van der Waals surface area contributed by atoms with Gasteiger partial charge in [-0.2, -0.15) is 0 Å². The van der Waals surface area contributed by atoms with E-state index < -0.39 is 0 Å². The lowest BCUT2D eigenvalue weighted by Crippen LogP contribution is -2.53. The van der Waals surface area contributed by atoms with Crippen molar-refractivity contribution >= 4 is 0 Å². The smallest absolute Gasteiger partial charge is 0.230 e. The zero-order valence-corrected chi connectivity index (χ0v) is 11.5. The van der Waals surface area contributed by atoms with Crippen molar-refractivity contribution in [2.75, 3.05) is 13.1 Å². The van der Waals surface area contributed by atoms with E-state index in [0.717, 1.165) is 31.8 Å². The summed E-state index contributed by atoms with van der Waals surface area (Å²) in [6.07, 6.45) is 2.33. The lowest BCUT2D eigenvalue weighted by molar-refractivity contribution is 0.00735. The minimum atomic E-state index is -0.318. The van der Waals surface area contributed by atoms with Gasteiger partial charge in [-0.25, -0.2) is 4.39 Å². The molecule has 1 aromatic carbocycles. The largest absolute Gasteiger partial charge is 0.485 e. The molecule has 5 nitrogen and oxygen atoms in total. The van der Waals surface area contributed by atoms with E-state index in [-0.39, 0.29) is 11.9 Å². The maximum Gasteiger partial charge on any atom is 0.230 e. The Morgan fingerprint density at radius 2 is 2.05 bits per heavy atom. The summed E-state index contributed by atoms with van der Waals surface area (Å²) in [6.45, 7) is 2.13. The van der Waals surface area contributed by atoms with Crippen molar-refractivity contribution in [3.05, 3.63) is 41.9 Å². The van der Waals surface area contributed by atoms with Crippen molar-refractivity contribution in [2.45, 2.75) is 31.4 Å². The number of nitrogens with zero attached hydrogens (tertiary/aromatic N) is 3. The van der Waals surface area contributed by atoms with E-state index in [4.69, 9.17) is 9.15 Å². The Hall–Kier alpha value is -1.95. The molecule has 1 saturated heterocycles. The van der Waals surface area contributed by atoms with Crippen LogP contribution < -0.4 is 4.74 Å². The summed E-state index contributed by atoms with van der Waals surface area (Å²) in [5.74, 6) is 1.91. The Bertz CT molecular complexity index is 635. The van der Waals surface area contributed by atoms with Crippen molar-refractivity contribution in [3.63, 3.8) is 0 Å². The van der Waals surface area contributed by atoms with Gasteiger partial charge in [-0.1, -0.05) is 12.1 Å². The van der Waals surface area contributed by atoms with Gasteiger partial charge in [0.15, 0.2) is 11.6 Å². The third-order valence-electron chi connectivity index (χ3n) is 3.82. The molecule has 0 bridgehead atoms. The number of rotatable bonds is 5. The molecule has 0 amide bonds. The first kappa shape index (κ1) is 12.8. The van der Waals surface area contributed by atoms with Gasteiger partial charge in [0.2, 0.25) is 11.8 Å². The van der Waals surface area contributed by atoms with Crippen LogP contribution in [-0.2, 0) is 6.54 Å². The van der Waals surface area contributed by atoms with Crippen molar-refractivity contribution in [2.24, 2.45) is 0 Å². The first-order valence-electron chi connectivity index (χ1n) is 7.24. The molecule has 1 aromatic heterocycles. The number of ether oxygens (including phenoxy) is 1. The quantitative estimate of drug-likeness (QED) is 0.845. The molecule has 110 valence electrons. The van der Waals surface area contributed by atoms with E-state index in [1.165, 1.54) is 6.07 Å². The zero-order chi connectivity index (χ0) is 14.2. The van der Waals surface area contributed by atoms with E-state index in [0.29, 0.717) is 24.1 Å². The lowest BCUT2D eigenvalue weighted by Gasteiger charge is -2.38. The van der Waals surface area contributed by atoms with Crippen LogP contribution in [0.4, 0.5) is 4.39 Å². The predicted molar refractivity (Wildman–Crippen MR) is 72.4 cm³/mol. The Kier molecular flexibility index (Phi) is 3.11. The molecule has 0 N–H and O–H groups in total. The molecule has 2 aliphatic rings. The van der Waals surface area contributed by atoms with Gasteiger partial charge in [0, 0.05) is 19.0 Å². The average molecular weight is 289 g/mol. The fourth-order valence-corrected chi connectivity index (χ4v) is 2.46. The van der Waals surface area contributed by atoms with Crippen LogP contribution in [-0.4, -0.2) is 34.3 Å².